The van der Waals surface area contributed by atoms with E-state index in [9.17, 15) is 0 Å². The number of aliphatic imine (C=N–C) groups is 1. The number of hydrogen-bond donors (Lipinski definition) is 2. The molecule has 3 heterocycles. The predicted molar refractivity (Wildman–Crippen MR) is 115 cm³/mol. The van der Waals surface area contributed by atoms with Crippen molar-refractivity contribution in [1.29, 1.82) is 0 Å². The molecule has 3 N–H and O–H groups in total. The van der Waals surface area contributed by atoms with Crippen LogP contribution in [0.2, 0.25) is 0 Å². The summed E-state index contributed by atoms with van der Waals surface area (Å²) in [5, 5.41) is 11.4. The summed E-state index contributed by atoms with van der Waals surface area (Å²) in [6.07, 6.45) is 6.07. The molecule has 0 radical (unpaired) electrons. The van der Waals surface area contributed by atoms with Gasteiger partial charge in [-0.25, -0.2) is 4.98 Å². The van der Waals surface area contributed by atoms with Gasteiger partial charge < -0.3 is 11.1 Å². The zero-order valence-corrected chi connectivity index (χ0v) is 16.6. The van der Waals surface area contributed by atoms with Crippen LogP contribution in [0.1, 0.15) is 44.2 Å². The second-order valence-corrected chi connectivity index (χ2v) is 6.79. The van der Waals surface area contributed by atoms with Crippen LogP contribution in [0.5, 0.6) is 0 Å². The molecule has 0 saturated heterocycles. The quantitative estimate of drug-likeness (QED) is 0.630. The summed E-state index contributed by atoms with van der Waals surface area (Å²) in [5.41, 5.74) is 11.4. The van der Waals surface area contributed by atoms with E-state index in [1.54, 1.807) is 25.7 Å². The summed E-state index contributed by atoms with van der Waals surface area (Å²) in [6.45, 7) is 6.25. The van der Waals surface area contributed by atoms with E-state index in [4.69, 9.17) is 5.73 Å². The van der Waals surface area contributed by atoms with Gasteiger partial charge in [0.15, 0.2) is 5.82 Å². The maximum Gasteiger partial charge on any atom is 0.154 e. The molecule has 3 rings (SSSR count). The molecule has 0 fully saturated rings. The molecule has 0 amide bonds. The van der Waals surface area contributed by atoms with Crippen LogP contribution in [0.25, 0.3) is 16.6 Å². The summed E-state index contributed by atoms with van der Waals surface area (Å²) in [7, 11) is 1.73. The Morgan fingerprint density at radius 3 is 2.71 bits per heavy atom. The lowest BCUT2D eigenvalue weighted by Crippen LogP contribution is -2.03. The van der Waals surface area contributed by atoms with Crippen molar-refractivity contribution in [3.63, 3.8) is 0 Å². The van der Waals surface area contributed by atoms with E-state index in [1.165, 1.54) is 0 Å². The first-order chi connectivity index (χ1) is 13.5. The predicted octanol–water partition coefficient (Wildman–Crippen LogP) is 4.07. The molecule has 0 aliphatic rings. The SMILES string of the molecule is CCC(N)=C(C=NC)c1cnc2ccc(Nc3cc(C(C)C)cnn3)nc2c1. The number of rotatable bonds is 6. The van der Waals surface area contributed by atoms with Crippen molar-refractivity contribution in [2.24, 2.45) is 10.7 Å². The molecule has 28 heavy (non-hydrogen) atoms. The molecule has 0 aliphatic carbocycles. The Balaban J connectivity index is 1.97. The van der Waals surface area contributed by atoms with Crippen LogP contribution in [0, 0.1) is 0 Å². The summed E-state index contributed by atoms with van der Waals surface area (Å²) >= 11 is 0. The highest BCUT2D eigenvalue weighted by Crippen LogP contribution is 2.23. The van der Waals surface area contributed by atoms with E-state index < -0.39 is 0 Å². The van der Waals surface area contributed by atoms with Gasteiger partial charge in [-0.05, 0) is 42.2 Å². The maximum atomic E-state index is 6.16. The molecule has 0 spiro atoms. The van der Waals surface area contributed by atoms with Crippen molar-refractivity contribution in [1.82, 2.24) is 20.2 Å². The zero-order chi connectivity index (χ0) is 20.1. The van der Waals surface area contributed by atoms with Crippen LogP contribution in [-0.4, -0.2) is 33.4 Å². The van der Waals surface area contributed by atoms with Crippen molar-refractivity contribution in [3.8, 4) is 0 Å². The fourth-order valence-electron chi connectivity index (χ4n) is 2.78. The first-order valence-electron chi connectivity index (χ1n) is 9.29. The van der Waals surface area contributed by atoms with Gasteiger partial charge in [-0.3, -0.25) is 9.98 Å². The van der Waals surface area contributed by atoms with E-state index in [0.29, 0.717) is 17.6 Å². The van der Waals surface area contributed by atoms with Crippen molar-refractivity contribution < 1.29 is 0 Å². The molecule has 0 unspecified atom stereocenters. The second-order valence-electron chi connectivity index (χ2n) is 6.79. The summed E-state index contributed by atoms with van der Waals surface area (Å²) in [4.78, 5) is 13.3. The number of nitrogens with one attached hydrogen (secondary N) is 1. The molecule has 0 atom stereocenters. The van der Waals surface area contributed by atoms with Gasteiger partial charge in [-0.1, -0.05) is 20.8 Å². The Morgan fingerprint density at radius 2 is 2.00 bits per heavy atom. The molecule has 3 aromatic rings. The minimum atomic E-state index is 0.377. The lowest BCUT2D eigenvalue weighted by Gasteiger charge is -2.10. The molecule has 0 aliphatic heterocycles. The van der Waals surface area contributed by atoms with Gasteiger partial charge in [0.2, 0.25) is 0 Å². The van der Waals surface area contributed by atoms with E-state index in [0.717, 1.165) is 39.9 Å². The van der Waals surface area contributed by atoms with E-state index in [2.05, 4.69) is 44.3 Å². The van der Waals surface area contributed by atoms with Gasteiger partial charge >= 0.3 is 0 Å². The minimum Gasteiger partial charge on any atom is -0.402 e. The van der Waals surface area contributed by atoms with Crippen molar-refractivity contribution in [3.05, 3.63) is 53.5 Å². The van der Waals surface area contributed by atoms with E-state index >= 15 is 0 Å². The number of fused-ring (bicyclic) bond motifs is 1. The lowest BCUT2D eigenvalue weighted by atomic mass is 10.0. The molecule has 7 heteroatoms. The number of anilines is 2. The fraction of sp³-hybridized carbons (Fsp3) is 0.286. The maximum absolute atomic E-state index is 6.16. The second kappa shape index (κ2) is 8.56. The van der Waals surface area contributed by atoms with Gasteiger partial charge in [0.25, 0.3) is 0 Å². The number of aromatic nitrogens is 4. The van der Waals surface area contributed by atoms with Crippen LogP contribution < -0.4 is 11.1 Å². The number of pyridine rings is 2. The van der Waals surface area contributed by atoms with Crippen LogP contribution >= 0.6 is 0 Å². The summed E-state index contributed by atoms with van der Waals surface area (Å²) in [6, 6.07) is 7.76. The fourth-order valence-corrected chi connectivity index (χ4v) is 2.78. The molecule has 0 bridgehead atoms. The first-order valence-corrected chi connectivity index (χ1v) is 9.29. The normalized spacial score (nSPS) is 12.6. The van der Waals surface area contributed by atoms with Gasteiger partial charge in [0, 0.05) is 36.3 Å². The van der Waals surface area contributed by atoms with Crippen molar-refractivity contribution in [2.75, 3.05) is 12.4 Å². The standard InChI is InChI=1S/C21H25N7/c1-5-17(22)16(12-23-4)15-8-19-18(24-10-15)6-7-20(26-19)27-21-9-14(13(2)3)11-25-28-21/h6-13H,5,22H2,1-4H3,(H,26,27,28). The highest BCUT2D eigenvalue weighted by atomic mass is 15.2. The summed E-state index contributed by atoms with van der Waals surface area (Å²) < 4.78 is 0. The summed E-state index contributed by atoms with van der Waals surface area (Å²) in [5.74, 6) is 1.72. The Hall–Kier alpha value is -3.35. The largest absolute Gasteiger partial charge is 0.402 e. The third-order valence-corrected chi connectivity index (χ3v) is 4.43. The van der Waals surface area contributed by atoms with Crippen LogP contribution in [0.15, 0.2) is 47.3 Å². The number of allylic oxidation sites excluding steroid dienone is 2. The molecule has 3 aromatic heterocycles. The van der Waals surface area contributed by atoms with Gasteiger partial charge in [0.05, 0.1) is 17.2 Å². The van der Waals surface area contributed by atoms with E-state index in [-0.39, 0.29) is 0 Å². The molecule has 144 valence electrons. The highest BCUT2D eigenvalue weighted by molar-refractivity contribution is 6.11. The Bertz CT molecular complexity index is 1040. The van der Waals surface area contributed by atoms with Gasteiger partial charge in [-0.15, -0.1) is 5.10 Å². The third kappa shape index (κ3) is 4.31. The topological polar surface area (TPSA) is 102 Å². The average Bonchev–Trinajstić information content (AvgIpc) is 2.71. The van der Waals surface area contributed by atoms with Crippen molar-refractivity contribution >= 4 is 34.5 Å². The average molecular weight is 375 g/mol. The van der Waals surface area contributed by atoms with Crippen LogP contribution in [-0.2, 0) is 0 Å². The monoisotopic (exact) mass is 375 g/mol. The third-order valence-electron chi connectivity index (χ3n) is 4.43. The number of nitrogens with zero attached hydrogens (tertiary/aromatic N) is 5. The van der Waals surface area contributed by atoms with Crippen LogP contribution in [0.4, 0.5) is 11.6 Å². The van der Waals surface area contributed by atoms with E-state index in [1.807, 2.05) is 31.2 Å². The van der Waals surface area contributed by atoms with Gasteiger partial charge in [0.1, 0.15) is 5.82 Å². The van der Waals surface area contributed by atoms with Crippen LogP contribution in [0.3, 0.4) is 0 Å². The molecule has 0 aromatic carbocycles. The Kier molecular flexibility index (Phi) is 5.93. The molecule has 0 saturated carbocycles. The first kappa shape index (κ1) is 19.4. The molecular weight excluding hydrogens is 350 g/mol. The number of nitrogens with two attached hydrogens (primary N) is 1. The lowest BCUT2D eigenvalue weighted by molar-refractivity contribution is 0.843. The minimum absolute atomic E-state index is 0.377. The Labute approximate surface area is 164 Å². The highest BCUT2D eigenvalue weighted by Gasteiger charge is 2.08. The molecule has 7 nitrogen and oxygen atoms in total. The zero-order valence-electron chi connectivity index (χ0n) is 16.6. The smallest absolute Gasteiger partial charge is 0.154 e. The molecular formula is C21H25N7. The Morgan fingerprint density at radius 1 is 1.18 bits per heavy atom. The number of hydrogen-bond acceptors (Lipinski definition) is 7. The van der Waals surface area contributed by atoms with Crippen molar-refractivity contribution in [2.45, 2.75) is 33.1 Å². The van der Waals surface area contributed by atoms with Gasteiger partial charge in [-0.2, -0.15) is 5.10 Å².